The number of aromatic nitrogens is 1. The zero-order valence-corrected chi connectivity index (χ0v) is 11.6. The Morgan fingerprint density at radius 1 is 1.16 bits per heavy atom. The number of benzene rings is 1. The van der Waals surface area contributed by atoms with Crippen molar-refractivity contribution in [2.45, 2.75) is 32.2 Å². The van der Waals surface area contributed by atoms with E-state index in [0.717, 1.165) is 5.69 Å². The van der Waals surface area contributed by atoms with E-state index in [9.17, 15) is 0 Å². The molecule has 1 unspecified atom stereocenters. The number of fused-ring (bicyclic) bond motifs is 1. The van der Waals surface area contributed by atoms with Gasteiger partial charge in [-0.25, -0.2) is 0 Å². The average Bonchev–Trinajstić information content (AvgIpc) is 2.46. The van der Waals surface area contributed by atoms with Crippen molar-refractivity contribution in [1.29, 1.82) is 0 Å². The molecule has 1 N–H and O–H groups in total. The molecule has 0 fully saturated rings. The second-order valence-corrected chi connectivity index (χ2v) is 5.33. The van der Waals surface area contributed by atoms with Gasteiger partial charge >= 0.3 is 0 Å². The molecule has 0 saturated carbocycles. The highest BCUT2D eigenvalue weighted by Crippen LogP contribution is 2.32. The van der Waals surface area contributed by atoms with Crippen LogP contribution in [-0.4, -0.2) is 12.0 Å². The number of aryl methyl sites for hydroxylation is 2. The van der Waals surface area contributed by atoms with Gasteiger partial charge in [0.1, 0.15) is 0 Å². The fourth-order valence-corrected chi connectivity index (χ4v) is 3.02. The summed E-state index contributed by atoms with van der Waals surface area (Å²) >= 11 is 0. The van der Waals surface area contributed by atoms with Gasteiger partial charge in [-0.15, -0.1) is 0 Å². The third-order valence-corrected chi connectivity index (χ3v) is 4.04. The smallest absolute Gasteiger partial charge is 0.0378 e. The Labute approximate surface area is 114 Å². The van der Waals surface area contributed by atoms with E-state index >= 15 is 0 Å². The molecule has 1 aromatic heterocycles. The van der Waals surface area contributed by atoms with Crippen LogP contribution in [-0.2, 0) is 6.42 Å². The number of nitrogens with one attached hydrogen (secondary N) is 1. The standard InChI is InChI=1S/C17H20N2/c1-12-10-14(8-9-19-12)13-6-7-16-15(11-13)4-3-5-17(16)18-2/h6-11,17-18H,3-5H2,1-2H3. The van der Waals surface area contributed by atoms with E-state index in [-0.39, 0.29) is 0 Å². The molecule has 2 heteroatoms. The van der Waals surface area contributed by atoms with Crippen LogP contribution >= 0.6 is 0 Å². The predicted molar refractivity (Wildman–Crippen MR) is 79.1 cm³/mol. The molecule has 0 aliphatic heterocycles. The normalized spacial score (nSPS) is 18.1. The second kappa shape index (κ2) is 5.14. The molecule has 2 nitrogen and oxygen atoms in total. The number of rotatable bonds is 2. The quantitative estimate of drug-likeness (QED) is 0.882. The van der Waals surface area contributed by atoms with E-state index in [4.69, 9.17) is 0 Å². The Morgan fingerprint density at radius 3 is 2.79 bits per heavy atom. The van der Waals surface area contributed by atoms with Crippen molar-refractivity contribution in [2.24, 2.45) is 0 Å². The summed E-state index contributed by atoms with van der Waals surface area (Å²) in [5.41, 5.74) is 6.62. The molecule has 0 amide bonds. The van der Waals surface area contributed by atoms with Gasteiger partial charge in [-0.05, 0) is 67.6 Å². The molecule has 1 heterocycles. The second-order valence-electron chi connectivity index (χ2n) is 5.33. The van der Waals surface area contributed by atoms with Crippen LogP contribution in [0.3, 0.4) is 0 Å². The van der Waals surface area contributed by atoms with E-state index in [0.29, 0.717) is 6.04 Å². The highest BCUT2D eigenvalue weighted by molar-refractivity contribution is 5.65. The van der Waals surface area contributed by atoms with Crippen LogP contribution in [0.4, 0.5) is 0 Å². The zero-order valence-electron chi connectivity index (χ0n) is 11.6. The first-order valence-corrected chi connectivity index (χ1v) is 7.01. The van der Waals surface area contributed by atoms with E-state index in [1.54, 1.807) is 0 Å². The molecule has 2 aromatic rings. The van der Waals surface area contributed by atoms with Gasteiger partial charge in [0.2, 0.25) is 0 Å². The van der Waals surface area contributed by atoms with Crippen LogP contribution < -0.4 is 5.32 Å². The fraction of sp³-hybridized carbons (Fsp3) is 0.353. The summed E-state index contributed by atoms with van der Waals surface area (Å²) < 4.78 is 0. The third-order valence-electron chi connectivity index (χ3n) is 4.04. The summed E-state index contributed by atoms with van der Waals surface area (Å²) in [6.45, 7) is 2.04. The van der Waals surface area contributed by atoms with Gasteiger partial charge in [-0.1, -0.05) is 18.2 Å². The summed E-state index contributed by atoms with van der Waals surface area (Å²) in [6, 6.07) is 11.7. The maximum atomic E-state index is 4.27. The van der Waals surface area contributed by atoms with Crippen molar-refractivity contribution < 1.29 is 0 Å². The SMILES string of the molecule is CNC1CCCc2cc(-c3ccnc(C)c3)ccc21. The van der Waals surface area contributed by atoms with Crippen molar-refractivity contribution in [3.63, 3.8) is 0 Å². The summed E-state index contributed by atoms with van der Waals surface area (Å²) in [5.74, 6) is 0. The highest BCUT2D eigenvalue weighted by atomic mass is 14.9. The molecule has 19 heavy (non-hydrogen) atoms. The van der Waals surface area contributed by atoms with Crippen molar-refractivity contribution in [3.05, 3.63) is 53.3 Å². The van der Waals surface area contributed by atoms with E-state index in [2.05, 4.69) is 47.7 Å². The van der Waals surface area contributed by atoms with Crippen LogP contribution in [0, 0.1) is 6.92 Å². The van der Waals surface area contributed by atoms with Crippen molar-refractivity contribution >= 4 is 0 Å². The Kier molecular flexibility index (Phi) is 3.34. The lowest BCUT2D eigenvalue weighted by Crippen LogP contribution is -2.21. The largest absolute Gasteiger partial charge is 0.313 e. The maximum Gasteiger partial charge on any atom is 0.0378 e. The molecular weight excluding hydrogens is 232 g/mol. The van der Waals surface area contributed by atoms with E-state index in [1.807, 2.05) is 13.1 Å². The summed E-state index contributed by atoms with van der Waals surface area (Å²) in [7, 11) is 2.06. The first-order chi connectivity index (χ1) is 9.28. The Hall–Kier alpha value is -1.67. The summed E-state index contributed by atoms with van der Waals surface area (Å²) in [5, 5.41) is 3.42. The Balaban J connectivity index is 2.02. The van der Waals surface area contributed by atoms with Crippen LogP contribution in [0.1, 0.15) is 35.7 Å². The first-order valence-electron chi connectivity index (χ1n) is 7.01. The van der Waals surface area contributed by atoms with Gasteiger partial charge in [-0.3, -0.25) is 4.98 Å². The highest BCUT2D eigenvalue weighted by Gasteiger charge is 2.18. The monoisotopic (exact) mass is 252 g/mol. The number of hydrogen-bond acceptors (Lipinski definition) is 2. The van der Waals surface area contributed by atoms with Crippen molar-refractivity contribution in [3.8, 4) is 11.1 Å². The first kappa shape index (κ1) is 12.4. The molecule has 0 radical (unpaired) electrons. The van der Waals surface area contributed by atoms with Crippen LogP contribution in [0.2, 0.25) is 0 Å². The van der Waals surface area contributed by atoms with E-state index in [1.165, 1.54) is 41.5 Å². The van der Waals surface area contributed by atoms with Gasteiger partial charge in [0.05, 0.1) is 0 Å². The van der Waals surface area contributed by atoms with Gasteiger partial charge in [0.15, 0.2) is 0 Å². The third kappa shape index (κ3) is 2.41. The lowest BCUT2D eigenvalue weighted by molar-refractivity contribution is 0.497. The topological polar surface area (TPSA) is 24.9 Å². The van der Waals surface area contributed by atoms with Crippen LogP contribution in [0.25, 0.3) is 11.1 Å². The molecule has 1 atom stereocenters. The Bertz CT molecular complexity index is 590. The van der Waals surface area contributed by atoms with Gasteiger partial charge < -0.3 is 5.32 Å². The minimum atomic E-state index is 0.525. The average molecular weight is 252 g/mol. The molecule has 1 aromatic carbocycles. The summed E-state index contributed by atoms with van der Waals surface area (Å²) in [6.07, 6.45) is 5.61. The van der Waals surface area contributed by atoms with Crippen molar-refractivity contribution in [2.75, 3.05) is 7.05 Å². The molecule has 98 valence electrons. The lowest BCUT2D eigenvalue weighted by Gasteiger charge is -2.25. The molecule has 0 bridgehead atoms. The zero-order chi connectivity index (χ0) is 13.2. The van der Waals surface area contributed by atoms with Crippen LogP contribution in [0.15, 0.2) is 36.5 Å². The molecule has 1 aliphatic rings. The molecule has 0 saturated heterocycles. The van der Waals surface area contributed by atoms with Gasteiger partial charge in [0.25, 0.3) is 0 Å². The van der Waals surface area contributed by atoms with Crippen LogP contribution in [0.5, 0.6) is 0 Å². The predicted octanol–water partition coefficient (Wildman–Crippen LogP) is 3.65. The number of nitrogens with zero attached hydrogens (tertiary/aromatic N) is 1. The minimum Gasteiger partial charge on any atom is -0.313 e. The molecule has 3 rings (SSSR count). The molecular formula is C17H20N2. The minimum absolute atomic E-state index is 0.525. The van der Waals surface area contributed by atoms with E-state index < -0.39 is 0 Å². The molecule has 0 spiro atoms. The van der Waals surface area contributed by atoms with Gasteiger partial charge in [0, 0.05) is 17.9 Å². The number of hydrogen-bond donors (Lipinski definition) is 1. The molecule has 1 aliphatic carbocycles. The van der Waals surface area contributed by atoms with Crippen molar-refractivity contribution in [1.82, 2.24) is 10.3 Å². The summed E-state index contributed by atoms with van der Waals surface area (Å²) in [4.78, 5) is 4.27. The maximum absolute atomic E-state index is 4.27. The Morgan fingerprint density at radius 2 is 2.00 bits per heavy atom. The fourth-order valence-electron chi connectivity index (χ4n) is 3.02. The van der Waals surface area contributed by atoms with Gasteiger partial charge in [-0.2, -0.15) is 0 Å². The number of pyridine rings is 1. The lowest BCUT2D eigenvalue weighted by atomic mass is 9.86.